The predicted octanol–water partition coefficient (Wildman–Crippen LogP) is 6.78. The van der Waals surface area contributed by atoms with E-state index in [9.17, 15) is 24.1 Å². The Labute approximate surface area is 259 Å². The molecular weight excluding hydrogens is 600 g/mol. The van der Waals surface area contributed by atoms with Gasteiger partial charge in [-0.3, -0.25) is 24.3 Å². The van der Waals surface area contributed by atoms with Crippen LogP contribution in [-0.4, -0.2) is 31.6 Å². The second-order valence-electron chi connectivity index (χ2n) is 9.86. The molecule has 13 heteroatoms. The molecule has 230 valence electrons. The third-order valence-corrected chi connectivity index (χ3v) is 7.00. The van der Waals surface area contributed by atoms with E-state index in [1.165, 1.54) is 76.1 Å². The summed E-state index contributed by atoms with van der Waals surface area (Å²) in [5, 5.41) is 17.9. The lowest BCUT2D eigenvalue weighted by Gasteiger charge is -2.14. The van der Waals surface area contributed by atoms with Crippen molar-refractivity contribution in [2.75, 3.05) is 11.9 Å². The first-order chi connectivity index (χ1) is 22.2. The van der Waals surface area contributed by atoms with Gasteiger partial charge in [-0.15, -0.1) is 0 Å². The molecule has 11 nitrogen and oxygen atoms in total. The van der Waals surface area contributed by atoms with Gasteiger partial charge in [0.05, 0.1) is 17.7 Å². The fourth-order valence-corrected chi connectivity index (χ4v) is 4.88. The van der Waals surface area contributed by atoms with E-state index in [0.717, 1.165) is 6.07 Å². The van der Waals surface area contributed by atoms with Crippen molar-refractivity contribution >= 4 is 22.8 Å². The van der Waals surface area contributed by atoms with Crippen LogP contribution in [0.2, 0.25) is 0 Å². The van der Waals surface area contributed by atoms with Gasteiger partial charge in [0.2, 0.25) is 0 Å². The highest BCUT2D eigenvalue weighted by Gasteiger charge is 2.21. The van der Waals surface area contributed by atoms with Crippen molar-refractivity contribution in [2.24, 2.45) is 0 Å². The molecule has 3 heterocycles. The molecule has 0 radical (unpaired) electrons. The number of nitrogens with zero attached hydrogens (tertiary/aromatic N) is 4. The van der Waals surface area contributed by atoms with Gasteiger partial charge >= 0.3 is 0 Å². The van der Waals surface area contributed by atoms with Crippen LogP contribution in [0, 0.1) is 21.7 Å². The molecule has 0 bridgehead atoms. The van der Waals surface area contributed by atoms with Gasteiger partial charge in [0.15, 0.2) is 17.3 Å². The van der Waals surface area contributed by atoms with Gasteiger partial charge in [-0.25, -0.2) is 13.3 Å². The minimum Gasteiger partial charge on any atom is -0.493 e. The Bertz CT molecular complexity index is 2160. The van der Waals surface area contributed by atoms with Gasteiger partial charge in [-0.05, 0) is 73.2 Å². The minimum absolute atomic E-state index is 0.0292. The van der Waals surface area contributed by atoms with Crippen molar-refractivity contribution in [3.8, 4) is 34.1 Å². The van der Waals surface area contributed by atoms with Crippen LogP contribution in [0.15, 0.2) is 108 Å². The zero-order valence-electron chi connectivity index (χ0n) is 24.0. The lowest BCUT2D eigenvalue weighted by Crippen LogP contribution is -2.29. The third kappa shape index (κ3) is 5.76. The monoisotopic (exact) mass is 623 g/mol. The first-order valence-corrected chi connectivity index (χ1v) is 13.9. The number of amides is 1. The number of hydrogen-bond donors (Lipinski definition) is 1. The molecule has 0 aliphatic rings. The molecule has 0 saturated carbocycles. The number of nitro groups is 1. The molecule has 3 aromatic carbocycles. The van der Waals surface area contributed by atoms with E-state index in [0.29, 0.717) is 22.3 Å². The highest BCUT2D eigenvalue weighted by atomic mass is 19.1. The Kier molecular flexibility index (Phi) is 7.95. The second kappa shape index (κ2) is 12.3. The summed E-state index contributed by atoms with van der Waals surface area (Å²) in [6.45, 7) is 1.87. The fourth-order valence-electron chi connectivity index (χ4n) is 4.88. The molecule has 6 aromatic rings. The van der Waals surface area contributed by atoms with E-state index in [1.807, 2.05) is 0 Å². The summed E-state index contributed by atoms with van der Waals surface area (Å²) >= 11 is 0. The molecule has 0 spiro atoms. The molecule has 0 unspecified atom stereocenters. The molecule has 0 aliphatic heterocycles. The van der Waals surface area contributed by atoms with Crippen molar-refractivity contribution in [1.29, 1.82) is 0 Å². The summed E-state index contributed by atoms with van der Waals surface area (Å²) < 4.78 is 43.0. The quantitative estimate of drug-likeness (QED) is 0.139. The first-order valence-electron chi connectivity index (χ1n) is 13.9. The van der Waals surface area contributed by atoms with Crippen molar-refractivity contribution in [3.05, 3.63) is 141 Å². The topological polar surface area (TPSA) is 130 Å². The molecule has 0 saturated heterocycles. The lowest BCUT2D eigenvalue weighted by atomic mass is 10.1. The highest BCUT2D eigenvalue weighted by molar-refractivity contribution is 6.06. The average molecular weight is 624 g/mol. The van der Waals surface area contributed by atoms with Crippen LogP contribution in [0.1, 0.15) is 17.3 Å². The van der Waals surface area contributed by atoms with Crippen LogP contribution in [0.3, 0.4) is 0 Å². The van der Waals surface area contributed by atoms with Crippen LogP contribution in [-0.2, 0) is 0 Å². The number of ether oxygens (including phenoxy) is 2. The smallest absolute Gasteiger partial charge is 0.271 e. The fraction of sp³-hybridized carbons (Fsp3) is 0.0606. The van der Waals surface area contributed by atoms with Crippen LogP contribution in [0.5, 0.6) is 17.2 Å². The Morgan fingerprint density at radius 2 is 1.70 bits per heavy atom. The largest absolute Gasteiger partial charge is 0.493 e. The summed E-state index contributed by atoms with van der Waals surface area (Å²) in [6, 6.07) is 19.7. The molecule has 6 rings (SSSR count). The predicted molar refractivity (Wildman–Crippen MR) is 165 cm³/mol. The van der Waals surface area contributed by atoms with E-state index in [-0.39, 0.29) is 40.8 Å². The molecule has 0 atom stereocenters. The van der Waals surface area contributed by atoms with E-state index in [2.05, 4.69) is 10.4 Å². The van der Waals surface area contributed by atoms with Crippen molar-refractivity contribution < 1.29 is 28.0 Å². The van der Waals surface area contributed by atoms with Crippen LogP contribution in [0.25, 0.3) is 22.3 Å². The summed E-state index contributed by atoms with van der Waals surface area (Å²) in [5.41, 5.74) is 1.10. The first kappa shape index (κ1) is 29.7. The van der Waals surface area contributed by atoms with Gasteiger partial charge in [0.25, 0.3) is 17.2 Å². The summed E-state index contributed by atoms with van der Waals surface area (Å²) in [6.07, 6.45) is 4.57. The lowest BCUT2D eigenvalue weighted by molar-refractivity contribution is -0.384. The van der Waals surface area contributed by atoms with Crippen molar-refractivity contribution in [3.63, 3.8) is 0 Å². The number of nitrogens with one attached hydrogen (secondary N) is 1. The van der Waals surface area contributed by atoms with Crippen LogP contribution >= 0.6 is 0 Å². The number of carbonyl (C=O) groups is 1. The number of fused-ring (bicyclic) bond motifs is 1. The van der Waals surface area contributed by atoms with E-state index >= 15 is 4.39 Å². The number of halogens is 2. The molecule has 1 N–H and O–H groups in total. The Hall–Kier alpha value is -6.37. The Morgan fingerprint density at radius 1 is 0.935 bits per heavy atom. The molecule has 3 aromatic heterocycles. The van der Waals surface area contributed by atoms with Gasteiger partial charge in [-0.1, -0.05) is 0 Å². The van der Waals surface area contributed by atoms with E-state index in [4.69, 9.17) is 9.47 Å². The minimum atomic E-state index is -0.838. The number of hydrogen-bond acceptors (Lipinski definition) is 7. The molecule has 0 fully saturated rings. The summed E-state index contributed by atoms with van der Waals surface area (Å²) in [4.78, 5) is 37.3. The van der Waals surface area contributed by atoms with Gasteiger partial charge in [0, 0.05) is 53.6 Å². The van der Waals surface area contributed by atoms with Gasteiger partial charge < -0.3 is 14.8 Å². The number of benzene rings is 3. The van der Waals surface area contributed by atoms with Gasteiger partial charge in [0.1, 0.15) is 22.6 Å². The number of aromatic nitrogens is 3. The van der Waals surface area contributed by atoms with Crippen LogP contribution < -0.4 is 20.3 Å². The maximum absolute atomic E-state index is 15.4. The summed E-state index contributed by atoms with van der Waals surface area (Å²) in [5.74, 6) is -2.00. The average Bonchev–Trinajstić information content (AvgIpc) is 3.48. The van der Waals surface area contributed by atoms with E-state index < -0.39 is 28.0 Å². The van der Waals surface area contributed by atoms with Crippen molar-refractivity contribution in [2.45, 2.75) is 6.92 Å². The SMILES string of the molecule is CCOc1ccn(-c2ccc(F)cc2)c(=O)c1C(=O)Nc1ccc(Oc2ccnn3ccc(-c4ccc([N+](=O)[O-])cc4)c23)c(F)c1. The Morgan fingerprint density at radius 3 is 2.39 bits per heavy atom. The number of pyridine rings is 1. The van der Waals surface area contributed by atoms with Crippen LogP contribution in [0.4, 0.5) is 20.2 Å². The standard InChI is InChI=1S/C33H23F2N5O6/c1-2-45-28-15-17-38(23-10-5-21(34)6-11-23)33(42)30(28)32(41)37-22-7-12-27(26(35)19-22)46-29-13-16-36-39-18-14-25(31(29)39)20-3-8-24(9-4-20)40(43)44/h3-19H,2H2,1H3,(H,37,41). The van der Waals surface area contributed by atoms with Crippen molar-refractivity contribution in [1.82, 2.24) is 14.2 Å². The number of non-ortho nitro benzene ring substituents is 1. The molecule has 1 amide bonds. The normalized spacial score (nSPS) is 10.9. The molecular formula is C33H23F2N5O6. The maximum atomic E-state index is 15.4. The third-order valence-electron chi connectivity index (χ3n) is 7.00. The highest BCUT2D eigenvalue weighted by Crippen LogP contribution is 2.36. The zero-order chi connectivity index (χ0) is 32.4. The number of anilines is 1. The molecule has 46 heavy (non-hydrogen) atoms. The Balaban J connectivity index is 1.28. The maximum Gasteiger partial charge on any atom is 0.271 e. The zero-order valence-corrected chi connectivity index (χ0v) is 24.0. The number of rotatable bonds is 9. The molecule has 0 aliphatic carbocycles. The second-order valence-corrected chi connectivity index (χ2v) is 9.86. The van der Waals surface area contributed by atoms with Gasteiger partial charge in [-0.2, -0.15) is 5.10 Å². The van der Waals surface area contributed by atoms with E-state index in [1.54, 1.807) is 37.4 Å². The number of carbonyl (C=O) groups excluding carboxylic acids is 1. The summed E-state index contributed by atoms with van der Waals surface area (Å²) in [7, 11) is 0. The number of nitro benzene ring substituents is 1.